The smallest absolute Gasteiger partial charge is 0.243 e. The van der Waals surface area contributed by atoms with E-state index in [-0.39, 0.29) is 34.7 Å². The minimum absolute atomic E-state index is 0.00593. The molecule has 0 aromatic heterocycles. The summed E-state index contributed by atoms with van der Waals surface area (Å²) in [4.78, 5) is 0.00593. The lowest BCUT2D eigenvalue weighted by Crippen LogP contribution is -2.50. The van der Waals surface area contributed by atoms with Gasteiger partial charge in [-0.1, -0.05) is 0 Å². The zero-order valence-electron chi connectivity index (χ0n) is 12.3. The zero-order valence-corrected chi connectivity index (χ0v) is 13.2. The second kappa shape index (κ2) is 6.00. The molecule has 118 valence electrons. The van der Waals surface area contributed by atoms with Crippen LogP contribution in [0.5, 0.6) is 0 Å². The molecule has 1 fully saturated rings. The van der Waals surface area contributed by atoms with E-state index in [0.29, 0.717) is 6.61 Å². The molecule has 0 radical (unpaired) electrons. The van der Waals surface area contributed by atoms with Crippen molar-refractivity contribution in [1.29, 1.82) is 0 Å². The third-order valence-corrected chi connectivity index (χ3v) is 5.59. The van der Waals surface area contributed by atoms with Gasteiger partial charge in [-0.15, -0.1) is 0 Å². The van der Waals surface area contributed by atoms with Crippen LogP contribution < -0.4 is 0 Å². The van der Waals surface area contributed by atoms with Gasteiger partial charge in [0.2, 0.25) is 10.0 Å². The Hall–Kier alpha value is -1.02. The molecule has 1 aliphatic heterocycles. The third kappa shape index (κ3) is 3.11. The largest absolute Gasteiger partial charge is 0.392 e. The Bertz CT molecular complexity index is 632. The summed E-state index contributed by atoms with van der Waals surface area (Å²) < 4.78 is 46.0. The highest BCUT2D eigenvalue weighted by Gasteiger charge is 2.34. The number of ether oxygens (including phenoxy) is 1. The molecule has 0 saturated carbocycles. The quantitative estimate of drug-likeness (QED) is 0.916. The molecule has 1 aromatic rings. The average molecular weight is 317 g/mol. The Morgan fingerprint density at radius 2 is 2.10 bits per heavy atom. The van der Waals surface area contributed by atoms with Gasteiger partial charge < -0.3 is 9.84 Å². The van der Waals surface area contributed by atoms with Crippen molar-refractivity contribution in [2.45, 2.75) is 44.4 Å². The molecule has 1 aromatic carbocycles. The first kappa shape index (κ1) is 16.4. The molecular weight excluding hydrogens is 297 g/mol. The van der Waals surface area contributed by atoms with E-state index in [0.717, 1.165) is 0 Å². The van der Waals surface area contributed by atoms with Crippen molar-refractivity contribution in [2.75, 3.05) is 13.2 Å². The molecule has 1 N–H and O–H groups in total. The molecule has 5 nitrogen and oxygen atoms in total. The van der Waals surface area contributed by atoms with Crippen LogP contribution in [-0.4, -0.2) is 43.1 Å². The van der Waals surface area contributed by atoms with Gasteiger partial charge in [0.15, 0.2) is 0 Å². The van der Waals surface area contributed by atoms with E-state index in [1.165, 1.54) is 23.4 Å². The van der Waals surface area contributed by atoms with Crippen molar-refractivity contribution >= 4 is 10.0 Å². The van der Waals surface area contributed by atoms with E-state index < -0.39 is 22.4 Å². The van der Waals surface area contributed by atoms with Gasteiger partial charge in [-0.2, -0.15) is 4.31 Å². The van der Waals surface area contributed by atoms with Gasteiger partial charge in [-0.25, -0.2) is 12.8 Å². The van der Waals surface area contributed by atoms with E-state index in [1.54, 1.807) is 6.92 Å². The van der Waals surface area contributed by atoms with E-state index in [2.05, 4.69) is 0 Å². The van der Waals surface area contributed by atoms with E-state index in [1.807, 2.05) is 6.92 Å². The molecule has 0 amide bonds. The van der Waals surface area contributed by atoms with Crippen LogP contribution in [0.25, 0.3) is 0 Å². The minimum atomic E-state index is -3.74. The lowest BCUT2D eigenvalue weighted by atomic mass is 10.1. The molecule has 2 unspecified atom stereocenters. The van der Waals surface area contributed by atoms with Gasteiger partial charge >= 0.3 is 0 Å². The molecule has 0 aliphatic carbocycles. The maximum atomic E-state index is 13.8. The summed E-state index contributed by atoms with van der Waals surface area (Å²) in [5, 5.41) is 9.17. The zero-order chi connectivity index (χ0) is 15.8. The number of aryl methyl sites for hydroxylation is 1. The summed E-state index contributed by atoms with van der Waals surface area (Å²) in [5.41, 5.74) is 0.191. The normalized spacial score (nSPS) is 24.2. The Labute approximate surface area is 124 Å². The van der Waals surface area contributed by atoms with E-state index in [4.69, 9.17) is 9.84 Å². The number of hydrogen-bond acceptors (Lipinski definition) is 4. The number of halogens is 1. The Morgan fingerprint density at radius 3 is 2.71 bits per heavy atom. The molecule has 2 rings (SSSR count). The standard InChI is InChI=1S/C14H20FNO4S/c1-9-4-13(5-12(7-17)14(9)15)21(18,19)16-6-11(3)20-8-10(16)2/h4-5,10-11,17H,6-8H2,1-3H3. The van der Waals surface area contributed by atoms with Crippen LogP contribution in [0.3, 0.4) is 0 Å². The number of sulfonamides is 1. The maximum absolute atomic E-state index is 13.8. The van der Waals surface area contributed by atoms with Crippen molar-refractivity contribution < 1.29 is 22.7 Å². The van der Waals surface area contributed by atoms with Crippen LogP contribution in [-0.2, 0) is 21.4 Å². The number of aliphatic hydroxyl groups excluding tert-OH is 1. The molecule has 1 heterocycles. The average Bonchev–Trinajstić information content (AvgIpc) is 2.44. The summed E-state index contributed by atoms with van der Waals surface area (Å²) in [6, 6.07) is 2.22. The number of nitrogens with zero attached hydrogens (tertiary/aromatic N) is 1. The molecular formula is C14H20FNO4S. The number of rotatable bonds is 3. The van der Waals surface area contributed by atoms with Gasteiger partial charge in [-0.05, 0) is 38.5 Å². The van der Waals surface area contributed by atoms with Crippen molar-refractivity contribution in [3.63, 3.8) is 0 Å². The first-order valence-corrected chi connectivity index (χ1v) is 8.24. The highest BCUT2D eigenvalue weighted by atomic mass is 32.2. The summed E-state index contributed by atoms with van der Waals surface area (Å²) in [5.74, 6) is -0.570. The van der Waals surface area contributed by atoms with Crippen molar-refractivity contribution in [3.05, 3.63) is 29.1 Å². The van der Waals surface area contributed by atoms with Crippen LogP contribution >= 0.6 is 0 Å². The third-order valence-electron chi connectivity index (χ3n) is 3.63. The Kier molecular flexibility index (Phi) is 4.67. The molecule has 0 bridgehead atoms. The van der Waals surface area contributed by atoms with Crippen molar-refractivity contribution in [2.24, 2.45) is 0 Å². The molecule has 2 atom stereocenters. The molecule has 7 heteroatoms. The lowest BCUT2D eigenvalue weighted by molar-refractivity contribution is -0.0170. The second-order valence-corrected chi connectivity index (χ2v) is 7.33. The molecule has 0 spiro atoms. The predicted molar refractivity (Wildman–Crippen MR) is 75.8 cm³/mol. The van der Waals surface area contributed by atoms with Crippen molar-refractivity contribution in [3.8, 4) is 0 Å². The predicted octanol–water partition coefficient (Wildman–Crippen LogP) is 1.42. The number of benzene rings is 1. The second-order valence-electron chi connectivity index (χ2n) is 5.44. The lowest BCUT2D eigenvalue weighted by Gasteiger charge is -2.35. The number of hydrogen-bond donors (Lipinski definition) is 1. The van der Waals surface area contributed by atoms with Crippen LogP contribution in [0.4, 0.5) is 4.39 Å². The highest BCUT2D eigenvalue weighted by molar-refractivity contribution is 7.89. The fourth-order valence-corrected chi connectivity index (χ4v) is 4.24. The highest BCUT2D eigenvalue weighted by Crippen LogP contribution is 2.26. The maximum Gasteiger partial charge on any atom is 0.243 e. The summed E-state index contributed by atoms with van der Waals surface area (Å²) in [6.45, 7) is 5.11. The van der Waals surface area contributed by atoms with Gasteiger partial charge in [0, 0.05) is 18.2 Å². The fourth-order valence-electron chi connectivity index (χ4n) is 2.41. The van der Waals surface area contributed by atoms with Crippen LogP contribution in [0.15, 0.2) is 17.0 Å². The fraction of sp³-hybridized carbons (Fsp3) is 0.571. The summed E-state index contributed by atoms with van der Waals surface area (Å²) in [6.07, 6.45) is -0.185. The number of morpholine rings is 1. The minimum Gasteiger partial charge on any atom is -0.392 e. The Morgan fingerprint density at radius 1 is 1.43 bits per heavy atom. The van der Waals surface area contributed by atoms with Crippen LogP contribution in [0, 0.1) is 12.7 Å². The summed E-state index contributed by atoms with van der Waals surface area (Å²) in [7, 11) is -3.74. The SMILES string of the molecule is Cc1cc(S(=O)(=O)N2CC(C)OCC2C)cc(CO)c1F. The van der Waals surface area contributed by atoms with E-state index in [9.17, 15) is 12.8 Å². The van der Waals surface area contributed by atoms with Crippen molar-refractivity contribution in [1.82, 2.24) is 4.31 Å². The van der Waals surface area contributed by atoms with Gasteiger partial charge in [0.25, 0.3) is 0 Å². The first-order chi connectivity index (χ1) is 9.77. The topological polar surface area (TPSA) is 66.8 Å². The van der Waals surface area contributed by atoms with Gasteiger partial charge in [0.1, 0.15) is 5.82 Å². The first-order valence-electron chi connectivity index (χ1n) is 6.80. The number of aliphatic hydroxyl groups is 1. The van der Waals surface area contributed by atoms with Crippen LogP contribution in [0.1, 0.15) is 25.0 Å². The molecule has 21 heavy (non-hydrogen) atoms. The van der Waals surface area contributed by atoms with Gasteiger partial charge in [0.05, 0.1) is 24.2 Å². The Balaban J connectivity index is 2.46. The molecule has 1 saturated heterocycles. The molecule has 1 aliphatic rings. The van der Waals surface area contributed by atoms with E-state index >= 15 is 0 Å². The van der Waals surface area contributed by atoms with Crippen LogP contribution in [0.2, 0.25) is 0 Å². The summed E-state index contributed by atoms with van der Waals surface area (Å²) >= 11 is 0. The van der Waals surface area contributed by atoms with Gasteiger partial charge in [-0.3, -0.25) is 0 Å². The monoisotopic (exact) mass is 317 g/mol.